The summed E-state index contributed by atoms with van der Waals surface area (Å²) in [4.78, 5) is 31.9. The van der Waals surface area contributed by atoms with Gasteiger partial charge in [0.15, 0.2) is 0 Å². The highest BCUT2D eigenvalue weighted by molar-refractivity contribution is 6.39. The number of ether oxygens (including phenoxy) is 1. The van der Waals surface area contributed by atoms with Crippen LogP contribution < -0.4 is 0 Å². The van der Waals surface area contributed by atoms with Crippen molar-refractivity contribution in [1.82, 2.24) is 29.4 Å². The maximum atomic E-state index is 14.0. The summed E-state index contributed by atoms with van der Waals surface area (Å²) in [6.45, 7) is 16.5. The van der Waals surface area contributed by atoms with Crippen molar-refractivity contribution in [3.63, 3.8) is 0 Å². The third-order valence-electron chi connectivity index (χ3n) is 8.18. The van der Waals surface area contributed by atoms with Crippen molar-refractivity contribution in [2.45, 2.75) is 92.0 Å². The van der Waals surface area contributed by atoms with Crippen molar-refractivity contribution in [2.24, 2.45) is 0 Å². The molecule has 0 spiro atoms. The number of carbonyl (C=O) groups excluding carboxylic acids is 2. The molecule has 1 amide bonds. The number of nitrogens with zero attached hydrogens (tertiary/aromatic N) is 5. The highest BCUT2D eigenvalue weighted by Gasteiger charge is 2.40. The molecule has 1 fully saturated rings. The molecular weight excluding hydrogens is 575 g/mol. The van der Waals surface area contributed by atoms with Crippen molar-refractivity contribution >= 4 is 46.0 Å². The Balaban J connectivity index is 1.36. The van der Waals surface area contributed by atoms with Gasteiger partial charge in [-0.1, -0.05) is 28.4 Å². The van der Waals surface area contributed by atoms with E-state index in [1.165, 1.54) is 0 Å². The Morgan fingerprint density at radius 1 is 1.14 bits per heavy atom. The van der Waals surface area contributed by atoms with Gasteiger partial charge in [-0.15, -0.1) is 5.10 Å². The zero-order valence-electron chi connectivity index (χ0n) is 25.4. The van der Waals surface area contributed by atoms with Crippen molar-refractivity contribution in [1.29, 1.82) is 0 Å². The molecule has 0 saturated carbocycles. The van der Waals surface area contributed by atoms with E-state index in [0.29, 0.717) is 34.4 Å². The Bertz CT molecular complexity index is 1690. The fourth-order valence-corrected chi connectivity index (χ4v) is 6.48. The number of hydrogen-bond acceptors (Lipinski definition) is 5. The first-order chi connectivity index (χ1) is 19.6. The number of aromatic amines is 1. The summed E-state index contributed by atoms with van der Waals surface area (Å²) in [5, 5.41) is 10.7. The molecule has 3 aromatic heterocycles. The van der Waals surface area contributed by atoms with Crippen LogP contribution in [0.25, 0.3) is 10.9 Å². The Labute approximate surface area is 256 Å². The minimum Gasteiger partial charge on any atom is -0.456 e. The number of aryl methyl sites for hydroxylation is 2. The van der Waals surface area contributed by atoms with E-state index in [2.05, 4.69) is 29.1 Å². The molecule has 11 heteroatoms. The Morgan fingerprint density at radius 3 is 2.55 bits per heavy atom. The summed E-state index contributed by atoms with van der Waals surface area (Å²) in [6.07, 6.45) is 3.60. The van der Waals surface area contributed by atoms with Crippen molar-refractivity contribution in [3.05, 3.63) is 68.3 Å². The highest BCUT2D eigenvalue weighted by atomic mass is 35.5. The van der Waals surface area contributed by atoms with E-state index in [1.54, 1.807) is 12.1 Å². The molecule has 224 valence electrons. The predicted octanol–water partition coefficient (Wildman–Crippen LogP) is 7.05. The quantitative estimate of drug-likeness (QED) is 0.243. The van der Waals surface area contributed by atoms with Gasteiger partial charge in [-0.2, -0.15) is 0 Å². The molecule has 1 aliphatic heterocycles. The number of piperidine rings is 1. The van der Waals surface area contributed by atoms with Crippen LogP contribution in [0.5, 0.6) is 0 Å². The van der Waals surface area contributed by atoms with Gasteiger partial charge in [0.25, 0.3) is 5.91 Å². The zero-order valence-corrected chi connectivity index (χ0v) is 26.9. The van der Waals surface area contributed by atoms with Crippen LogP contribution >= 0.6 is 23.2 Å². The fourth-order valence-electron chi connectivity index (χ4n) is 5.84. The normalized spacial score (nSPS) is 17.2. The summed E-state index contributed by atoms with van der Waals surface area (Å²) in [7, 11) is 0. The molecular formula is C31H38Cl2N6O3. The maximum absolute atomic E-state index is 14.0. The minimum atomic E-state index is -0.570. The van der Waals surface area contributed by atoms with Gasteiger partial charge in [-0.3, -0.25) is 4.79 Å². The van der Waals surface area contributed by atoms with E-state index in [0.717, 1.165) is 46.4 Å². The molecule has 0 aliphatic carbocycles. The number of amides is 1. The van der Waals surface area contributed by atoms with E-state index in [1.807, 2.05) is 68.0 Å². The number of hydrogen-bond donors (Lipinski definition) is 1. The molecule has 1 aliphatic rings. The van der Waals surface area contributed by atoms with E-state index in [9.17, 15) is 9.59 Å². The number of benzene rings is 1. The summed E-state index contributed by atoms with van der Waals surface area (Å²) < 4.78 is 9.50. The molecule has 5 rings (SSSR count). The Kier molecular flexibility index (Phi) is 7.73. The summed E-state index contributed by atoms with van der Waals surface area (Å²) >= 11 is 12.7. The van der Waals surface area contributed by atoms with Gasteiger partial charge in [0.05, 0.1) is 29.4 Å². The summed E-state index contributed by atoms with van der Waals surface area (Å²) in [5.74, 6) is -0.421. The molecule has 1 saturated heterocycles. The number of aromatic nitrogens is 5. The second-order valence-corrected chi connectivity index (χ2v) is 13.8. The lowest BCUT2D eigenvalue weighted by Crippen LogP contribution is -2.53. The Hall–Kier alpha value is -3.30. The topological polar surface area (TPSA) is 98.0 Å². The molecule has 1 atom stereocenters. The van der Waals surface area contributed by atoms with Crippen LogP contribution in [0.3, 0.4) is 0 Å². The molecule has 1 unspecified atom stereocenters. The standard InChI is InChI=1S/C31H38Cl2N6O3/c1-17-11-23(29(41)42-30(4,5)6)19(3)37(17)14-21-15-39(36-35-21)22-9-10-31(7,8)38(16-22)28(40)27-18(2)26-24(33)12-20(32)13-25(26)34-27/h11-13,15,22,34H,9-10,14,16H2,1-8H3. The zero-order chi connectivity index (χ0) is 30.7. The smallest absolute Gasteiger partial charge is 0.340 e. The van der Waals surface area contributed by atoms with E-state index in [-0.39, 0.29) is 23.5 Å². The number of likely N-dealkylation sites (tertiary alicyclic amines) is 1. The van der Waals surface area contributed by atoms with Crippen LogP contribution in [0, 0.1) is 20.8 Å². The van der Waals surface area contributed by atoms with E-state index < -0.39 is 5.60 Å². The van der Waals surface area contributed by atoms with Crippen LogP contribution in [-0.2, 0) is 11.3 Å². The lowest BCUT2D eigenvalue weighted by molar-refractivity contribution is 0.00682. The van der Waals surface area contributed by atoms with Crippen molar-refractivity contribution in [2.75, 3.05) is 6.54 Å². The number of esters is 1. The predicted molar refractivity (Wildman–Crippen MR) is 165 cm³/mol. The molecule has 42 heavy (non-hydrogen) atoms. The first-order valence-corrected chi connectivity index (χ1v) is 14.9. The summed E-state index contributed by atoms with van der Waals surface area (Å²) in [5.41, 5.74) is 4.23. The fraction of sp³-hybridized carbons (Fsp3) is 0.484. The molecule has 1 N–H and O–H groups in total. The Morgan fingerprint density at radius 2 is 1.86 bits per heavy atom. The van der Waals surface area contributed by atoms with Gasteiger partial charge in [0, 0.05) is 39.4 Å². The number of carbonyl (C=O) groups is 2. The van der Waals surface area contributed by atoms with Gasteiger partial charge < -0.3 is 19.2 Å². The molecule has 1 aromatic carbocycles. The van der Waals surface area contributed by atoms with Gasteiger partial charge in [-0.25, -0.2) is 9.48 Å². The lowest BCUT2D eigenvalue weighted by atomic mass is 9.87. The first-order valence-electron chi connectivity index (χ1n) is 14.2. The van der Waals surface area contributed by atoms with Crippen molar-refractivity contribution in [3.8, 4) is 0 Å². The van der Waals surface area contributed by atoms with Crippen LogP contribution in [-0.4, -0.2) is 59.0 Å². The highest BCUT2D eigenvalue weighted by Crippen LogP contribution is 2.37. The molecule has 0 radical (unpaired) electrons. The van der Waals surface area contributed by atoms with Crippen LogP contribution in [0.1, 0.15) is 97.0 Å². The number of rotatable bonds is 5. The van der Waals surface area contributed by atoms with Crippen LogP contribution in [0.15, 0.2) is 24.4 Å². The number of fused-ring (bicyclic) bond motifs is 1. The molecule has 9 nitrogen and oxygen atoms in total. The number of nitrogens with one attached hydrogen (secondary N) is 1. The minimum absolute atomic E-state index is 0.0323. The average molecular weight is 614 g/mol. The van der Waals surface area contributed by atoms with Gasteiger partial charge in [-0.05, 0) is 92.0 Å². The van der Waals surface area contributed by atoms with Gasteiger partial charge in [0.2, 0.25) is 0 Å². The lowest BCUT2D eigenvalue weighted by Gasteiger charge is -2.45. The maximum Gasteiger partial charge on any atom is 0.340 e. The number of H-pyrrole nitrogens is 1. The molecule has 0 bridgehead atoms. The third kappa shape index (κ3) is 5.69. The van der Waals surface area contributed by atoms with Crippen LogP contribution in [0.2, 0.25) is 10.0 Å². The average Bonchev–Trinajstić information content (AvgIpc) is 3.55. The largest absolute Gasteiger partial charge is 0.456 e. The summed E-state index contributed by atoms with van der Waals surface area (Å²) in [6, 6.07) is 5.31. The van der Waals surface area contributed by atoms with E-state index >= 15 is 0 Å². The molecule has 4 aromatic rings. The van der Waals surface area contributed by atoms with E-state index in [4.69, 9.17) is 27.9 Å². The third-order valence-corrected chi connectivity index (χ3v) is 8.70. The van der Waals surface area contributed by atoms with Gasteiger partial charge >= 0.3 is 5.97 Å². The van der Waals surface area contributed by atoms with Crippen molar-refractivity contribution < 1.29 is 14.3 Å². The van der Waals surface area contributed by atoms with Gasteiger partial charge in [0.1, 0.15) is 17.0 Å². The number of halogens is 2. The monoisotopic (exact) mass is 612 g/mol. The first kappa shape index (κ1) is 30.2. The van der Waals surface area contributed by atoms with Crippen LogP contribution in [0.4, 0.5) is 0 Å². The second-order valence-electron chi connectivity index (χ2n) is 12.9. The molecule has 4 heterocycles. The second kappa shape index (κ2) is 10.8. The SMILES string of the molecule is Cc1c(C(=O)N2CC(n3cc(Cn4c(C)cc(C(=O)OC(C)(C)C)c4C)nn3)CCC2(C)C)[nH]c2cc(Cl)cc(Cl)c12.